The third-order valence-electron chi connectivity index (χ3n) is 2.21. The molecule has 0 aromatic carbocycles. The first-order valence-corrected chi connectivity index (χ1v) is 5.27. The number of ketones is 2. The average molecular weight is 228 g/mol. The highest BCUT2D eigenvalue weighted by atomic mass is 16.2. The molecule has 5 heteroatoms. The van der Waals surface area contributed by atoms with E-state index in [2.05, 4.69) is 5.32 Å². The van der Waals surface area contributed by atoms with E-state index in [-0.39, 0.29) is 30.1 Å². The molecule has 0 fully saturated rings. The van der Waals surface area contributed by atoms with Gasteiger partial charge in [-0.25, -0.2) is 0 Å². The number of Topliss-reactive ketones (excluding diaryl/α,β-unsaturated/α-hetero) is 2. The molecule has 0 aromatic rings. The molecule has 0 heterocycles. The second-order valence-corrected chi connectivity index (χ2v) is 4.14. The monoisotopic (exact) mass is 228 g/mol. The minimum Gasteiger partial charge on any atom is -0.348 e. The Bertz CT molecular complexity index is 274. The Balaban J connectivity index is 4.24. The van der Waals surface area contributed by atoms with Crippen molar-refractivity contribution >= 4 is 17.5 Å². The molecule has 0 rings (SSSR count). The predicted molar refractivity (Wildman–Crippen MR) is 61.1 cm³/mol. The van der Waals surface area contributed by atoms with Crippen LogP contribution in [-0.4, -0.2) is 49.1 Å². The second-order valence-electron chi connectivity index (χ2n) is 4.14. The zero-order valence-corrected chi connectivity index (χ0v) is 10.4. The molecule has 1 amide bonds. The van der Waals surface area contributed by atoms with Crippen LogP contribution in [0.25, 0.3) is 0 Å². The van der Waals surface area contributed by atoms with Gasteiger partial charge in [0.25, 0.3) is 0 Å². The van der Waals surface area contributed by atoms with Crippen LogP contribution in [0.15, 0.2) is 0 Å². The molecule has 5 nitrogen and oxygen atoms in total. The summed E-state index contributed by atoms with van der Waals surface area (Å²) in [6, 6.07) is -0.358. The number of nitrogens with one attached hydrogen (secondary N) is 1. The zero-order chi connectivity index (χ0) is 12.7. The zero-order valence-electron chi connectivity index (χ0n) is 10.4. The maximum Gasteiger partial charge on any atom is 0.237 e. The van der Waals surface area contributed by atoms with Crippen LogP contribution in [0.2, 0.25) is 0 Å². The molecule has 0 bridgehead atoms. The molecule has 0 aliphatic carbocycles. The lowest BCUT2D eigenvalue weighted by Gasteiger charge is -2.22. The number of likely N-dealkylation sites (N-methyl/N-ethyl adjacent to an activating group) is 1. The quantitative estimate of drug-likeness (QED) is 0.665. The standard InChI is InChI=1S/C11H20N2O3/c1-8(14)5-6-10(13(3)4)11(16)12-7-9(2)15/h10H,5-7H2,1-4H3,(H,12,16). The smallest absolute Gasteiger partial charge is 0.237 e. The minimum atomic E-state index is -0.358. The van der Waals surface area contributed by atoms with Gasteiger partial charge in [0.2, 0.25) is 5.91 Å². The number of carbonyl (C=O) groups is 3. The van der Waals surface area contributed by atoms with E-state index in [1.54, 1.807) is 19.0 Å². The van der Waals surface area contributed by atoms with E-state index in [1.807, 2.05) is 0 Å². The molecule has 0 saturated carbocycles. The Morgan fingerprint density at radius 1 is 1.12 bits per heavy atom. The van der Waals surface area contributed by atoms with Crippen LogP contribution in [0.5, 0.6) is 0 Å². The fourth-order valence-corrected chi connectivity index (χ4v) is 1.29. The summed E-state index contributed by atoms with van der Waals surface area (Å²) in [5.41, 5.74) is 0. The number of carbonyl (C=O) groups excluding carboxylic acids is 3. The number of hydrogen-bond donors (Lipinski definition) is 1. The Kier molecular flexibility index (Phi) is 6.56. The van der Waals surface area contributed by atoms with E-state index in [1.165, 1.54) is 13.8 Å². The van der Waals surface area contributed by atoms with Crippen LogP contribution in [0.3, 0.4) is 0 Å². The molecule has 0 spiro atoms. The normalized spacial score (nSPS) is 12.3. The summed E-state index contributed by atoms with van der Waals surface area (Å²) < 4.78 is 0. The Morgan fingerprint density at radius 2 is 1.69 bits per heavy atom. The van der Waals surface area contributed by atoms with Crippen molar-refractivity contribution in [3.63, 3.8) is 0 Å². The molecule has 1 atom stereocenters. The maximum absolute atomic E-state index is 11.7. The Labute approximate surface area is 96.2 Å². The molecule has 1 unspecified atom stereocenters. The van der Waals surface area contributed by atoms with Crippen LogP contribution in [-0.2, 0) is 14.4 Å². The number of amides is 1. The van der Waals surface area contributed by atoms with Crippen LogP contribution in [0.4, 0.5) is 0 Å². The topological polar surface area (TPSA) is 66.5 Å². The predicted octanol–water partition coefficient (Wildman–Crippen LogP) is -0.00900. The van der Waals surface area contributed by atoms with Crippen molar-refractivity contribution < 1.29 is 14.4 Å². The van der Waals surface area contributed by atoms with E-state index in [0.29, 0.717) is 12.8 Å². The fourth-order valence-electron chi connectivity index (χ4n) is 1.29. The van der Waals surface area contributed by atoms with E-state index in [0.717, 1.165) is 0 Å². The van der Waals surface area contributed by atoms with Gasteiger partial charge in [-0.1, -0.05) is 0 Å². The van der Waals surface area contributed by atoms with Gasteiger partial charge in [0.05, 0.1) is 12.6 Å². The first kappa shape index (κ1) is 14.8. The Morgan fingerprint density at radius 3 is 2.06 bits per heavy atom. The minimum absolute atomic E-state index is 0.0449. The van der Waals surface area contributed by atoms with Gasteiger partial charge in [-0.2, -0.15) is 0 Å². The van der Waals surface area contributed by atoms with Gasteiger partial charge in [-0.05, 0) is 34.4 Å². The number of nitrogens with zero attached hydrogens (tertiary/aromatic N) is 1. The molecule has 0 aliphatic rings. The lowest BCUT2D eigenvalue weighted by atomic mass is 10.1. The van der Waals surface area contributed by atoms with Crippen LogP contribution < -0.4 is 5.32 Å². The SMILES string of the molecule is CC(=O)CCC(C(=O)NCC(C)=O)N(C)C. The largest absolute Gasteiger partial charge is 0.348 e. The van der Waals surface area contributed by atoms with Crippen molar-refractivity contribution in [2.24, 2.45) is 0 Å². The van der Waals surface area contributed by atoms with Gasteiger partial charge in [-0.3, -0.25) is 14.5 Å². The van der Waals surface area contributed by atoms with Gasteiger partial charge in [-0.15, -0.1) is 0 Å². The van der Waals surface area contributed by atoms with Gasteiger partial charge >= 0.3 is 0 Å². The van der Waals surface area contributed by atoms with Crippen LogP contribution in [0, 0.1) is 0 Å². The van der Waals surface area contributed by atoms with E-state index < -0.39 is 0 Å². The first-order chi connectivity index (χ1) is 7.34. The highest BCUT2D eigenvalue weighted by Gasteiger charge is 2.20. The summed E-state index contributed by atoms with van der Waals surface area (Å²) in [6.45, 7) is 2.96. The van der Waals surface area contributed by atoms with Crippen molar-refractivity contribution in [3.05, 3.63) is 0 Å². The van der Waals surface area contributed by atoms with Gasteiger partial charge in [0.1, 0.15) is 11.6 Å². The summed E-state index contributed by atoms with van der Waals surface area (Å²) in [5.74, 6) is -0.231. The number of rotatable bonds is 7. The average Bonchev–Trinajstić information content (AvgIpc) is 2.13. The van der Waals surface area contributed by atoms with Gasteiger partial charge in [0.15, 0.2) is 0 Å². The summed E-state index contributed by atoms with van der Waals surface area (Å²) in [4.78, 5) is 35.0. The fraction of sp³-hybridized carbons (Fsp3) is 0.727. The molecular formula is C11H20N2O3. The summed E-state index contributed by atoms with van der Waals surface area (Å²) in [6.07, 6.45) is 0.850. The molecule has 0 radical (unpaired) electrons. The van der Waals surface area contributed by atoms with E-state index >= 15 is 0 Å². The van der Waals surface area contributed by atoms with Crippen molar-refractivity contribution in [1.82, 2.24) is 10.2 Å². The lowest BCUT2D eigenvalue weighted by Crippen LogP contribution is -2.45. The van der Waals surface area contributed by atoms with Gasteiger partial charge in [0, 0.05) is 6.42 Å². The summed E-state index contributed by atoms with van der Waals surface area (Å²) >= 11 is 0. The molecule has 92 valence electrons. The first-order valence-electron chi connectivity index (χ1n) is 5.27. The van der Waals surface area contributed by atoms with Crippen LogP contribution in [0.1, 0.15) is 26.7 Å². The number of hydrogen-bond acceptors (Lipinski definition) is 4. The van der Waals surface area contributed by atoms with Gasteiger partial charge < -0.3 is 10.1 Å². The van der Waals surface area contributed by atoms with Crippen molar-refractivity contribution in [2.45, 2.75) is 32.7 Å². The Hall–Kier alpha value is -1.23. The summed E-state index contributed by atoms with van der Waals surface area (Å²) in [5, 5.41) is 2.55. The molecule has 0 aromatic heterocycles. The molecule has 0 aliphatic heterocycles. The molecule has 16 heavy (non-hydrogen) atoms. The molecule has 0 saturated heterocycles. The van der Waals surface area contributed by atoms with Crippen LogP contribution >= 0.6 is 0 Å². The highest BCUT2D eigenvalue weighted by Crippen LogP contribution is 2.04. The molecular weight excluding hydrogens is 208 g/mol. The van der Waals surface area contributed by atoms with E-state index in [4.69, 9.17) is 0 Å². The molecule has 1 N–H and O–H groups in total. The summed E-state index contributed by atoms with van der Waals surface area (Å²) in [7, 11) is 3.55. The second kappa shape index (κ2) is 7.11. The third kappa shape index (κ3) is 6.29. The highest BCUT2D eigenvalue weighted by molar-refractivity contribution is 5.87. The third-order valence-corrected chi connectivity index (χ3v) is 2.21. The van der Waals surface area contributed by atoms with E-state index in [9.17, 15) is 14.4 Å². The van der Waals surface area contributed by atoms with Crippen molar-refractivity contribution in [3.8, 4) is 0 Å². The lowest BCUT2D eigenvalue weighted by molar-refractivity contribution is -0.128. The maximum atomic E-state index is 11.7. The van der Waals surface area contributed by atoms with Crippen molar-refractivity contribution in [2.75, 3.05) is 20.6 Å². The van der Waals surface area contributed by atoms with Crippen molar-refractivity contribution in [1.29, 1.82) is 0 Å².